The van der Waals surface area contributed by atoms with Gasteiger partial charge in [0.15, 0.2) is 0 Å². The van der Waals surface area contributed by atoms with Crippen LogP contribution in [0.5, 0.6) is 0 Å². The van der Waals surface area contributed by atoms with E-state index in [1.54, 1.807) is 0 Å². The fourth-order valence-corrected chi connectivity index (χ4v) is 1.43. The van der Waals surface area contributed by atoms with Gasteiger partial charge in [0.2, 0.25) is 0 Å². The quantitative estimate of drug-likeness (QED) is 0.464. The summed E-state index contributed by atoms with van der Waals surface area (Å²) in [5.74, 6) is 4.84. The fraction of sp³-hybridized carbons (Fsp3) is 0.500. The van der Waals surface area contributed by atoms with Gasteiger partial charge in [0, 0.05) is 6.54 Å². The summed E-state index contributed by atoms with van der Waals surface area (Å²) >= 11 is 0. The van der Waals surface area contributed by atoms with Crippen molar-refractivity contribution in [2.24, 2.45) is 5.90 Å². The van der Waals surface area contributed by atoms with Gasteiger partial charge in [-0.05, 0) is 5.56 Å². The van der Waals surface area contributed by atoms with Gasteiger partial charge >= 0.3 is 6.09 Å². The zero-order valence-corrected chi connectivity index (χ0v) is 12.0. The van der Waals surface area contributed by atoms with Gasteiger partial charge in [-0.1, -0.05) is 30.3 Å². The summed E-state index contributed by atoms with van der Waals surface area (Å²) in [4.78, 5) is 15.7. The maximum atomic E-state index is 11.4. The molecule has 0 saturated carbocycles. The van der Waals surface area contributed by atoms with Crippen molar-refractivity contribution in [2.45, 2.75) is 6.61 Å². The number of carbonyl (C=O) groups excluding carboxylic acids is 1. The van der Waals surface area contributed by atoms with E-state index in [-0.39, 0.29) is 6.61 Å². The van der Waals surface area contributed by atoms with Crippen molar-refractivity contribution in [3.05, 3.63) is 35.9 Å². The molecule has 1 amide bonds. The molecule has 0 spiro atoms. The Bertz CT molecular complexity index is 375. The molecule has 0 bridgehead atoms. The summed E-state index contributed by atoms with van der Waals surface area (Å²) in [5.41, 5.74) is 0.947. The molecule has 0 unspecified atom stereocenters. The predicted octanol–water partition coefficient (Wildman–Crippen LogP) is 0.836. The number of nitrogens with one attached hydrogen (secondary N) is 1. The first-order valence-electron chi connectivity index (χ1n) is 6.74. The zero-order chi connectivity index (χ0) is 15.2. The second-order valence-corrected chi connectivity index (χ2v) is 4.08. The van der Waals surface area contributed by atoms with Gasteiger partial charge in [0.1, 0.15) is 6.61 Å². The van der Waals surface area contributed by atoms with Crippen LogP contribution >= 0.6 is 0 Å². The van der Waals surface area contributed by atoms with Gasteiger partial charge in [-0.2, -0.15) is 0 Å². The highest BCUT2D eigenvalue weighted by Crippen LogP contribution is 2.00. The van der Waals surface area contributed by atoms with Crippen LogP contribution in [0, 0.1) is 0 Å². The molecular weight excluding hydrogens is 276 g/mol. The molecule has 1 aromatic carbocycles. The molecule has 1 aromatic rings. The largest absolute Gasteiger partial charge is 0.445 e. The molecule has 0 heterocycles. The van der Waals surface area contributed by atoms with Crippen LogP contribution in [-0.2, 0) is 25.7 Å². The molecule has 21 heavy (non-hydrogen) atoms. The average molecular weight is 298 g/mol. The van der Waals surface area contributed by atoms with Crippen molar-refractivity contribution in [3.63, 3.8) is 0 Å². The lowest BCUT2D eigenvalue weighted by atomic mass is 10.2. The smallest absolute Gasteiger partial charge is 0.407 e. The van der Waals surface area contributed by atoms with Crippen molar-refractivity contribution in [1.82, 2.24) is 5.32 Å². The summed E-state index contributed by atoms with van der Waals surface area (Å²) in [6.07, 6.45) is -0.459. The molecule has 0 aliphatic heterocycles. The van der Waals surface area contributed by atoms with Gasteiger partial charge < -0.3 is 24.4 Å². The Morgan fingerprint density at radius 2 is 1.67 bits per heavy atom. The van der Waals surface area contributed by atoms with E-state index in [1.807, 2.05) is 30.3 Å². The molecule has 0 fully saturated rings. The van der Waals surface area contributed by atoms with Crippen LogP contribution in [0.4, 0.5) is 4.79 Å². The second-order valence-electron chi connectivity index (χ2n) is 4.08. The van der Waals surface area contributed by atoms with Gasteiger partial charge in [-0.25, -0.2) is 10.7 Å². The van der Waals surface area contributed by atoms with Gasteiger partial charge in [0.25, 0.3) is 0 Å². The van der Waals surface area contributed by atoms with Crippen LogP contribution in [-0.4, -0.2) is 45.7 Å². The van der Waals surface area contributed by atoms with Crippen LogP contribution in [0.2, 0.25) is 0 Å². The predicted molar refractivity (Wildman–Crippen MR) is 76.4 cm³/mol. The number of nitrogens with two attached hydrogens (primary N) is 1. The first kappa shape index (κ1) is 17.4. The zero-order valence-electron chi connectivity index (χ0n) is 12.0. The maximum Gasteiger partial charge on any atom is 0.407 e. The average Bonchev–Trinajstić information content (AvgIpc) is 2.52. The number of rotatable bonds is 11. The minimum absolute atomic E-state index is 0.255. The molecule has 7 heteroatoms. The van der Waals surface area contributed by atoms with Crippen LogP contribution in [0.25, 0.3) is 0 Å². The van der Waals surface area contributed by atoms with E-state index < -0.39 is 6.09 Å². The highest BCUT2D eigenvalue weighted by molar-refractivity contribution is 5.67. The van der Waals surface area contributed by atoms with Crippen molar-refractivity contribution in [1.29, 1.82) is 0 Å². The number of amides is 1. The summed E-state index contributed by atoms with van der Waals surface area (Å²) in [6, 6.07) is 9.49. The van der Waals surface area contributed by atoms with Crippen molar-refractivity contribution in [3.8, 4) is 0 Å². The highest BCUT2D eigenvalue weighted by atomic mass is 16.6. The van der Waals surface area contributed by atoms with Crippen molar-refractivity contribution in [2.75, 3.05) is 39.6 Å². The lowest BCUT2D eigenvalue weighted by Gasteiger charge is -2.08. The Kier molecular flexibility index (Phi) is 10.0. The second kappa shape index (κ2) is 12.1. The minimum Gasteiger partial charge on any atom is -0.445 e. The third-order valence-electron chi connectivity index (χ3n) is 2.45. The van der Waals surface area contributed by atoms with E-state index in [9.17, 15) is 4.79 Å². The third kappa shape index (κ3) is 9.80. The Labute approximate surface area is 124 Å². The molecule has 0 radical (unpaired) electrons. The number of hydrogen-bond donors (Lipinski definition) is 2. The highest BCUT2D eigenvalue weighted by Gasteiger charge is 2.01. The number of benzene rings is 1. The van der Waals surface area contributed by atoms with Gasteiger partial charge in [-0.3, -0.25) is 0 Å². The molecule has 0 saturated heterocycles. The summed E-state index contributed by atoms with van der Waals surface area (Å²) < 4.78 is 15.5. The van der Waals surface area contributed by atoms with Gasteiger partial charge in [0.05, 0.1) is 33.0 Å². The molecule has 0 aliphatic carbocycles. The minimum atomic E-state index is -0.459. The van der Waals surface area contributed by atoms with Gasteiger partial charge in [-0.15, -0.1) is 0 Å². The maximum absolute atomic E-state index is 11.4. The SMILES string of the molecule is NOCCOCCOCCNC(=O)OCc1ccccc1. The van der Waals surface area contributed by atoms with E-state index in [0.717, 1.165) is 5.56 Å². The Morgan fingerprint density at radius 3 is 2.38 bits per heavy atom. The number of alkyl carbamates (subject to hydrolysis) is 1. The van der Waals surface area contributed by atoms with E-state index in [0.29, 0.717) is 39.6 Å². The van der Waals surface area contributed by atoms with Crippen LogP contribution in [0.15, 0.2) is 30.3 Å². The van der Waals surface area contributed by atoms with Crippen LogP contribution in [0.3, 0.4) is 0 Å². The van der Waals surface area contributed by atoms with E-state index in [1.165, 1.54) is 0 Å². The fourth-order valence-electron chi connectivity index (χ4n) is 1.43. The summed E-state index contributed by atoms with van der Waals surface area (Å²) in [7, 11) is 0. The number of hydrogen-bond acceptors (Lipinski definition) is 6. The molecule has 0 aliphatic rings. The van der Waals surface area contributed by atoms with Crippen LogP contribution < -0.4 is 11.2 Å². The Hall–Kier alpha value is -1.67. The lowest BCUT2D eigenvalue weighted by Crippen LogP contribution is -2.28. The monoisotopic (exact) mass is 298 g/mol. The van der Waals surface area contributed by atoms with Crippen molar-refractivity contribution < 1.29 is 23.8 Å². The molecule has 3 N–H and O–H groups in total. The van der Waals surface area contributed by atoms with E-state index >= 15 is 0 Å². The van der Waals surface area contributed by atoms with E-state index in [2.05, 4.69) is 10.2 Å². The molecular formula is C14H22N2O5. The molecule has 7 nitrogen and oxygen atoms in total. The number of carbonyl (C=O) groups is 1. The molecule has 1 rings (SSSR count). The van der Waals surface area contributed by atoms with Crippen molar-refractivity contribution >= 4 is 6.09 Å². The Morgan fingerprint density at radius 1 is 1.00 bits per heavy atom. The first-order valence-corrected chi connectivity index (χ1v) is 6.74. The standard InChI is InChI=1S/C14H22N2O5/c15-21-11-10-19-9-8-18-7-6-16-14(17)20-12-13-4-2-1-3-5-13/h1-5H,6-12,15H2,(H,16,17). The Balaban J connectivity index is 1.89. The molecule has 0 atom stereocenters. The van der Waals surface area contributed by atoms with Crippen LogP contribution in [0.1, 0.15) is 5.56 Å². The number of ether oxygens (including phenoxy) is 3. The third-order valence-corrected chi connectivity index (χ3v) is 2.45. The summed E-state index contributed by atoms with van der Waals surface area (Å²) in [5, 5.41) is 2.60. The lowest BCUT2D eigenvalue weighted by molar-refractivity contribution is 0.0147. The summed E-state index contributed by atoms with van der Waals surface area (Å²) in [6.45, 7) is 2.74. The molecule has 118 valence electrons. The molecule has 0 aromatic heterocycles. The van der Waals surface area contributed by atoms with E-state index in [4.69, 9.17) is 20.1 Å². The topological polar surface area (TPSA) is 92.0 Å². The normalized spacial score (nSPS) is 10.3. The first-order chi connectivity index (χ1) is 10.3.